The van der Waals surface area contributed by atoms with Gasteiger partial charge in [0.15, 0.2) is 5.78 Å². The third kappa shape index (κ3) is 16.8. The summed E-state index contributed by atoms with van der Waals surface area (Å²) in [5.41, 5.74) is 17.4. The minimum Gasteiger partial charge on any atom is -0.496 e. The Hall–Kier alpha value is -7.17. The summed E-state index contributed by atoms with van der Waals surface area (Å²) in [5.74, 6) is 1.90. The van der Waals surface area contributed by atoms with Crippen molar-refractivity contribution in [1.29, 1.82) is 0 Å². The van der Waals surface area contributed by atoms with Crippen LogP contribution in [-0.4, -0.2) is 20.0 Å². The second-order valence-corrected chi connectivity index (χ2v) is 16.5. The zero-order valence-electron chi connectivity index (χ0n) is 40.6. The highest BCUT2D eigenvalue weighted by atomic mass is 16.5. The van der Waals surface area contributed by atoms with Gasteiger partial charge in [0, 0.05) is 28.2 Å². The van der Waals surface area contributed by atoms with E-state index in [-0.39, 0.29) is 5.78 Å². The van der Waals surface area contributed by atoms with E-state index >= 15 is 0 Å². The van der Waals surface area contributed by atoms with Crippen molar-refractivity contribution >= 4 is 22.8 Å². The van der Waals surface area contributed by atoms with Gasteiger partial charge in [0.2, 0.25) is 0 Å². The molecule has 8 aromatic carbocycles. The first-order valence-corrected chi connectivity index (χ1v) is 22.1. The van der Waals surface area contributed by atoms with E-state index in [0.717, 1.165) is 33.8 Å². The van der Waals surface area contributed by atoms with Crippen molar-refractivity contribution in [1.82, 2.24) is 0 Å². The Balaban J connectivity index is 0.000000187. The summed E-state index contributed by atoms with van der Waals surface area (Å²) >= 11 is 0. The Morgan fingerprint density at radius 3 is 0.908 bits per heavy atom. The molecule has 0 aliphatic rings. The molecule has 65 heavy (non-hydrogen) atoms. The van der Waals surface area contributed by atoms with Gasteiger partial charge in [0.1, 0.15) is 11.5 Å². The summed E-state index contributed by atoms with van der Waals surface area (Å²) in [6.07, 6.45) is 0. The molecule has 0 atom stereocenters. The van der Waals surface area contributed by atoms with Crippen LogP contribution in [0, 0.1) is 69.2 Å². The molecular formula is C61H67NO3. The van der Waals surface area contributed by atoms with E-state index in [2.05, 4.69) is 168 Å². The molecule has 0 amide bonds. The van der Waals surface area contributed by atoms with Crippen molar-refractivity contribution in [2.75, 3.05) is 19.1 Å². The second kappa shape index (κ2) is 25.8. The predicted octanol–water partition coefficient (Wildman–Crippen LogP) is 16.2. The molecule has 0 spiro atoms. The van der Waals surface area contributed by atoms with Crippen LogP contribution in [0.15, 0.2) is 188 Å². The van der Waals surface area contributed by atoms with Crippen molar-refractivity contribution in [2.45, 2.75) is 69.2 Å². The van der Waals surface area contributed by atoms with Crippen LogP contribution < -0.4 is 14.4 Å². The highest BCUT2D eigenvalue weighted by Gasteiger charge is 2.12. The van der Waals surface area contributed by atoms with E-state index in [1.807, 2.05) is 94.4 Å². The van der Waals surface area contributed by atoms with E-state index in [4.69, 9.17) is 9.47 Å². The molecule has 0 aromatic heterocycles. The minimum atomic E-state index is 0.0833. The number of ether oxygens (including phenoxy) is 2. The van der Waals surface area contributed by atoms with Gasteiger partial charge in [0.05, 0.1) is 14.2 Å². The minimum absolute atomic E-state index is 0.0833. The van der Waals surface area contributed by atoms with Gasteiger partial charge < -0.3 is 14.4 Å². The first-order valence-electron chi connectivity index (χ1n) is 22.1. The molecular weight excluding hydrogens is 795 g/mol. The number of aryl methyl sites for hydroxylation is 10. The fourth-order valence-corrected chi connectivity index (χ4v) is 6.64. The Kier molecular flexibility index (Phi) is 20.0. The summed E-state index contributed by atoms with van der Waals surface area (Å²) in [4.78, 5) is 14.3. The lowest BCUT2D eigenvalue weighted by molar-refractivity contribution is 0.103. The maximum absolute atomic E-state index is 12.1. The fourth-order valence-electron chi connectivity index (χ4n) is 6.64. The zero-order chi connectivity index (χ0) is 47.3. The number of hydrogen-bond donors (Lipinski definition) is 0. The molecule has 0 unspecified atom stereocenters. The number of hydrogen-bond acceptors (Lipinski definition) is 4. The van der Waals surface area contributed by atoms with Crippen LogP contribution >= 0.6 is 0 Å². The zero-order valence-corrected chi connectivity index (χ0v) is 40.6. The lowest BCUT2D eigenvalue weighted by Gasteiger charge is -2.25. The number of carbonyl (C=O) groups is 1. The number of ketones is 1. The molecule has 4 nitrogen and oxygen atoms in total. The molecule has 334 valence electrons. The Morgan fingerprint density at radius 2 is 0.615 bits per heavy atom. The monoisotopic (exact) mass is 862 g/mol. The SMILES string of the molecule is COc1cc(C)c(OC)cc1C.Cc1ccc(C(=O)c2ccc(C)cc2)cc1.Cc1ccc(C)cc1.Cc1ccc(N(c2ccccc2)c2ccc(C)cc2)cc1.Cc1cccc(C)c1. The van der Waals surface area contributed by atoms with E-state index in [9.17, 15) is 4.79 Å². The van der Waals surface area contributed by atoms with Gasteiger partial charge >= 0.3 is 0 Å². The van der Waals surface area contributed by atoms with Crippen LogP contribution in [0.3, 0.4) is 0 Å². The first-order chi connectivity index (χ1) is 31.2. The van der Waals surface area contributed by atoms with Crippen LogP contribution in [0.1, 0.15) is 71.6 Å². The van der Waals surface area contributed by atoms with Gasteiger partial charge in [-0.2, -0.15) is 0 Å². The van der Waals surface area contributed by atoms with Crippen molar-refractivity contribution in [3.05, 3.63) is 255 Å². The molecule has 0 saturated heterocycles. The van der Waals surface area contributed by atoms with Gasteiger partial charge in [-0.15, -0.1) is 0 Å². The second-order valence-electron chi connectivity index (χ2n) is 16.5. The molecule has 0 aliphatic heterocycles. The molecule has 4 heteroatoms. The number of rotatable bonds is 7. The van der Waals surface area contributed by atoms with Crippen molar-refractivity contribution in [2.24, 2.45) is 0 Å². The van der Waals surface area contributed by atoms with Crippen LogP contribution in [0.4, 0.5) is 17.1 Å². The molecule has 0 N–H and O–H groups in total. The van der Waals surface area contributed by atoms with Crippen LogP contribution in [0.5, 0.6) is 11.5 Å². The van der Waals surface area contributed by atoms with Crippen molar-refractivity contribution < 1.29 is 14.3 Å². The van der Waals surface area contributed by atoms with Crippen LogP contribution in [0.25, 0.3) is 0 Å². The molecule has 8 rings (SSSR count). The number of methoxy groups -OCH3 is 2. The number of carbonyl (C=O) groups excluding carboxylic acids is 1. The number of anilines is 3. The van der Waals surface area contributed by atoms with Gasteiger partial charge in [-0.05, 0) is 129 Å². The standard InChI is InChI=1S/C20H19N.C15H14O.C10H14O2.2C8H10/c1-16-8-12-19(13-9-16)21(18-6-4-3-5-7-18)20-14-10-17(2)11-15-20;1-11-3-7-13(8-4-11)15(16)14-9-5-12(2)6-10-14;1-7-5-10(12-4)8(2)6-9(7)11-3;1-7-3-5-8(2)6-4-7;1-7-4-3-5-8(2)6-7/h3-15H,1-2H3;3-10H,1-2H3;5-6H,1-4H3;2*3-6H,1-2H3. The summed E-state index contributed by atoms with van der Waals surface area (Å²) < 4.78 is 10.3. The third-order valence-corrected chi connectivity index (χ3v) is 10.5. The van der Waals surface area contributed by atoms with E-state index in [1.165, 1.54) is 61.6 Å². The van der Waals surface area contributed by atoms with Crippen molar-refractivity contribution in [3.8, 4) is 11.5 Å². The lowest BCUT2D eigenvalue weighted by atomic mass is 10.0. The molecule has 0 fully saturated rings. The maximum atomic E-state index is 12.1. The van der Waals surface area contributed by atoms with E-state index < -0.39 is 0 Å². The Bertz CT molecular complexity index is 2470. The largest absolute Gasteiger partial charge is 0.496 e. The average Bonchev–Trinajstić information content (AvgIpc) is 3.31. The summed E-state index contributed by atoms with van der Waals surface area (Å²) in [6.45, 7) is 20.7. The smallest absolute Gasteiger partial charge is 0.193 e. The van der Waals surface area contributed by atoms with E-state index in [0.29, 0.717) is 0 Å². The topological polar surface area (TPSA) is 38.8 Å². The van der Waals surface area contributed by atoms with Gasteiger partial charge in [-0.3, -0.25) is 4.79 Å². The molecule has 0 radical (unpaired) electrons. The number of benzene rings is 8. The highest BCUT2D eigenvalue weighted by Crippen LogP contribution is 2.34. The quantitative estimate of drug-likeness (QED) is 0.150. The maximum Gasteiger partial charge on any atom is 0.193 e. The summed E-state index contributed by atoms with van der Waals surface area (Å²) in [6, 6.07) is 64.0. The third-order valence-electron chi connectivity index (χ3n) is 10.5. The van der Waals surface area contributed by atoms with E-state index in [1.54, 1.807) is 14.2 Å². The van der Waals surface area contributed by atoms with Gasteiger partial charge in [-0.25, -0.2) is 0 Å². The average molecular weight is 862 g/mol. The predicted molar refractivity (Wildman–Crippen MR) is 277 cm³/mol. The number of nitrogens with zero attached hydrogens (tertiary/aromatic N) is 1. The highest BCUT2D eigenvalue weighted by molar-refractivity contribution is 6.09. The molecule has 0 heterocycles. The van der Waals surface area contributed by atoms with Crippen LogP contribution in [0.2, 0.25) is 0 Å². The molecule has 8 aromatic rings. The molecule has 0 saturated carbocycles. The number of para-hydroxylation sites is 1. The molecule has 0 bridgehead atoms. The fraction of sp³-hybridized carbons (Fsp3) is 0.197. The van der Waals surface area contributed by atoms with Crippen molar-refractivity contribution in [3.63, 3.8) is 0 Å². The summed E-state index contributed by atoms with van der Waals surface area (Å²) in [5, 5.41) is 0. The van der Waals surface area contributed by atoms with Crippen LogP contribution in [-0.2, 0) is 0 Å². The van der Waals surface area contributed by atoms with Gasteiger partial charge in [-0.1, -0.05) is 184 Å². The molecule has 0 aliphatic carbocycles. The normalized spacial score (nSPS) is 9.91. The van der Waals surface area contributed by atoms with Gasteiger partial charge in [0.25, 0.3) is 0 Å². The summed E-state index contributed by atoms with van der Waals surface area (Å²) in [7, 11) is 3.35. The lowest BCUT2D eigenvalue weighted by Crippen LogP contribution is -2.09. The Morgan fingerprint density at radius 1 is 0.323 bits per heavy atom. The Labute approximate surface area is 390 Å². The first kappa shape index (κ1) is 50.5.